The molecule has 0 aliphatic heterocycles. The van der Waals surface area contributed by atoms with Gasteiger partial charge in [-0.05, 0) is 19.0 Å². The second-order valence-electron chi connectivity index (χ2n) is 3.42. The van der Waals surface area contributed by atoms with Crippen molar-refractivity contribution < 1.29 is 14.5 Å². The van der Waals surface area contributed by atoms with Crippen LogP contribution >= 0.6 is 11.6 Å². The number of hydrogen-bond acceptors (Lipinski definition) is 5. The first-order valence-electron chi connectivity index (χ1n) is 5.08. The summed E-state index contributed by atoms with van der Waals surface area (Å²) in [5.41, 5.74) is 9.91. The molecule has 8 heteroatoms. The Kier molecular flexibility index (Phi) is 4.87. The van der Waals surface area contributed by atoms with Crippen LogP contribution in [-0.4, -0.2) is 24.0 Å². The van der Waals surface area contributed by atoms with Gasteiger partial charge in [-0.15, -0.1) is 0 Å². The van der Waals surface area contributed by atoms with Crippen LogP contribution < -0.4 is 16.2 Å². The number of nitro benzene ring substituents is 1. The Bertz CT molecular complexity index is 478. The van der Waals surface area contributed by atoms with Crippen LogP contribution in [0, 0.1) is 10.1 Å². The lowest BCUT2D eigenvalue weighted by molar-refractivity contribution is -0.384. The molecular formula is C10H12ClN3O4. The number of hydrogen-bond donors (Lipinski definition) is 2. The Morgan fingerprint density at radius 3 is 2.67 bits per heavy atom. The van der Waals surface area contributed by atoms with Gasteiger partial charge in [-0.2, -0.15) is 0 Å². The average Bonchev–Trinajstić information content (AvgIpc) is 2.30. The summed E-state index contributed by atoms with van der Waals surface area (Å²) in [5, 5.41) is 10.6. The van der Waals surface area contributed by atoms with Gasteiger partial charge in [0.05, 0.1) is 11.5 Å². The van der Waals surface area contributed by atoms with Gasteiger partial charge in [0.1, 0.15) is 5.75 Å². The molecular weight excluding hydrogens is 262 g/mol. The summed E-state index contributed by atoms with van der Waals surface area (Å²) in [6.45, 7) is 0.658. The van der Waals surface area contributed by atoms with Crippen molar-refractivity contribution in [1.29, 1.82) is 0 Å². The molecule has 0 saturated heterocycles. The van der Waals surface area contributed by atoms with Gasteiger partial charge < -0.3 is 16.2 Å². The highest BCUT2D eigenvalue weighted by molar-refractivity contribution is 6.34. The van der Waals surface area contributed by atoms with Crippen molar-refractivity contribution in [2.45, 2.75) is 6.42 Å². The van der Waals surface area contributed by atoms with Crippen molar-refractivity contribution >= 4 is 23.2 Å². The van der Waals surface area contributed by atoms with Crippen LogP contribution in [0.4, 0.5) is 5.69 Å². The summed E-state index contributed by atoms with van der Waals surface area (Å²) in [6.07, 6.45) is 0.560. The number of primary amides is 1. The predicted molar refractivity (Wildman–Crippen MR) is 65.8 cm³/mol. The van der Waals surface area contributed by atoms with Gasteiger partial charge in [-0.25, -0.2) is 0 Å². The Balaban J connectivity index is 3.14. The third kappa shape index (κ3) is 3.31. The molecule has 0 heterocycles. The Hall–Kier alpha value is -1.86. The smallest absolute Gasteiger partial charge is 0.292 e. The highest BCUT2D eigenvalue weighted by Gasteiger charge is 2.20. The van der Waals surface area contributed by atoms with Crippen LogP contribution in [0.1, 0.15) is 16.8 Å². The number of rotatable bonds is 6. The number of carbonyl (C=O) groups excluding carboxylic acids is 1. The zero-order valence-corrected chi connectivity index (χ0v) is 10.1. The summed E-state index contributed by atoms with van der Waals surface area (Å²) in [7, 11) is 0. The predicted octanol–water partition coefficient (Wildman–Crippen LogP) is 1.07. The van der Waals surface area contributed by atoms with Gasteiger partial charge in [-0.3, -0.25) is 14.9 Å². The summed E-state index contributed by atoms with van der Waals surface area (Å²) in [6, 6.07) is 2.29. The minimum absolute atomic E-state index is 0.0335. The highest BCUT2D eigenvalue weighted by Crippen LogP contribution is 2.35. The van der Waals surface area contributed by atoms with Crippen molar-refractivity contribution in [3.63, 3.8) is 0 Å². The first-order chi connectivity index (χ1) is 8.47. The maximum absolute atomic E-state index is 11.1. The van der Waals surface area contributed by atoms with Gasteiger partial charge in [0.25, 0.3) is 5.69 Å². The maximum Gasteiger partial charge on any atom is 0.292 e. The first-order valence-corrected chi connectivity index (χ1v) is 5.45. The van der Waals surface area contributed by atoms with Crippen molar-refractivity contribution in [3.05, 3.63) is 32.8 Å². The second kappa shape index (κ2) is 6.18. The van der Waals surface area contributed by atoms with Crippen LogP contribution in [0.2, 0.25) is 5.02 Å². The fraction of sp³-hybridized carbons (Fsp3) is 0.300. The molecule has 0 unspecified atom stereocenters. The molecule has 1 aromatic carbocycles. The topological polar surface area (TPSA) is 121 Å². The fourth-order valence-corrected chi connectivity index (χ4v) is 1.46. The maximum atomic E-state index is 11.1. The number of benzene rings is 1. The number of nitro groups is 1. The standard InChI is InChI=1S/C10H12ClN3O4/c11-9-7(14(16)17)4-6(10(13)15)5-8(9)18-3-1-2-12/h4-5H,1-3,12H2,(H2,13,15). The fourth-order valence-electron chi connectivity index (χ4n) is 1.23. The van der Waals surface area contributed by atoms with E-state index in [0.29, 0.717) is 13.0 Å². The van der Waals surface area contributed by atoms with Crippen LogP contribution in [0.15, 0.2) is 12.1 Å². The third-order valence-corrected chi connectivity index (χ3v) is 2.49. The molecule has 0 spiro atoms. The molecule has 0 radical (unpaired) electrons. The van der Waals surface area contributed by atoms with Crippen LogP contribution in [-0.2, 0) is 0 Å². The third-order valence-electron chi connectivity index (χ3n) is 2.11. The molecule has 0 atom stereocenters. The van der Waals surface area contributed by atoms with E-state index in [0.717, 1.165) is 6.07 Å². The highest BCUT2D eigenvalue weighted by atomic mass is 35.5. The summed E-state index contributed by atoms with van der Waals surface area (Å²) >= 11 is 5.81. The lowest BCUT2D eigenvalue weighted by Gasteiger charge is -2.09. The van der Waals surface area contributed by atoms with E-state index in [9.17, 15) is 14.9 Å². The molecule has 7 nitrogen and oxygen atoms in total. The molecule has 18 heavy (non-hydrogen) atoms. The molecule has 1 amide bonds. The van der Waals surface area contributed by atoms with Crippen molar-refractivity contribution in [2.24, 2.45) is 11.5 Å². The first kappa shape index (κ1) is 14.2. The van der Waals surface area contributed by atoms with Gasteiger partial charge in [0.15, 0.2) is 5.02 Å². The minimum Gasteiger partial charge on any atom is -0.492 e. The van der Waals surface area contributed by atoms with E-state index in [1.165, 1.54) is 6.07 Å². The van der Waals surface area contributed by atoms with E-state index in [1.54, 1.807) is 0 Å². The molecule has 0 fully saturated rings. The van der Waals surface area contributed by atoms with Crippen molar-refractivity contribution in [3.8, 4) is 5.75 Å². The van der Waals surface area contributed by atoms with E-state index < -0.39 is 16.5 Å². The average molecular weight is 274 g/mol. The summed E-state index contributed by atoms with van der Waals surface area (Å²) < 4.78 is 5.23. The van der Waals surface area contributed by atoms with Gasteiger partial charge in [0, 0.05) is 11.6 Å². The molecule has 1 aromatic rings. The quantitative estimate of drug-likeness (QED) is 0.456. The van der Waals surface area contributed by atoms with Crippen LogP contribution in [0.25, 0.3) is 0 Å². The van der Waals surface area contributed by atoms with E-state index in [1.807, 2.05) is 0 Å². The van der Waals surface area contributed by atoms with Gasteiger partial charge in [-0.1, -0.05) is 11.6 Å². The van der Waals surface area contributed by atoms with Gasteiger partial charge in [0.2, 0.25) is 5.91 Å². The summed E-state index contributed by atoms with van der Waals surface area (Å²) in [4.78, 5) is 21.1. The monoisotopic (exact) mass is 273 g/mol. The summed E-state index contributed by atoms with van der Waals surface area (Å²) in [5.74, 6) is -0.744. The molecule has 0 saturated carbocycles. The Labute approximate surface area is 108 Å². The molecule has 0 aromatic heterocycles. The Morgan fingerprint density at radius 2 is 2.17 bits per heavy atom. The van der Waals surface area contributed by atoms with E-state index in [2.05, 4.69) is 0 Å². The lowest BCUT2D eigenvalue weighted by Crippen LogP contribution is -2.12. The molecule has 0 bridgehead atoms. The molecule has 1 rings (SSSR count). The molecule has 0 aliphatic carbocycles. The SMILES string of the molecule is NCCCOc1cc(C(N)=O)cc([N+](=O)[O-])c1Cl. The van der Waals surface area contributed by atoms with Crippen molar-refractivity contribution in [2.75, 3.05) is 13.2 Å². The van der Waals surface area contributed by atoms with Crippen LogP contribution in [0.5, 0.6) is 5.75 Å². The zero-order chi connectivity index (χ0) is 13.7. The van der Waals surface area contributed by atoms with Crippen LogP contribution in [0.3, 0.4) is 0 Å². The molecule has 4 N–H and O–H groups in total. The van der Waals surface area contributed by atoms with Gasteiger partial charge >= 0.3 is 0 Å². The second-order valence-corrected chi connectivity index (χ2v) is 3.80. The number of amides is 1. The number of nitrogens with two attached hydrogens (primary N) is 2. The molecule has 0 aliphatic rings. The Morgan fingerprint density at radius 1 is 1.50 bits per heavy atom. The van der Waals surface area contributed by atoms with Crippen molar-refractivity contribution in [1.82, 2.24) is 0 Å². The number of carbonyl (C=O) groups is 1. The normalized spacial score (nSPS) is 10.1. The zero-order valence-electron chi connectivity index (χ0n) is 9.39. The number of halogens is 1. The lowest BCUT2D eigenvalue weighted by atomic mass is 10.2. The number of nitrogens with zero attached hydrogens (tertiary/aromatic N) is 1. The van der Waals surface area contributed by atoms with E-state index in [-0.39, 0.29) is 22.9 Å². The number of ether oxygens (including phenoxy) is 1. The minimum atomic E-state index is -0.793. The largest absolute Gasteiger partial charge is 0.492 e. The molecule has 98 valence electrons. The van der Waals surface area contributed by atoms with E-state index >= 15 is 0 Å². The van der Waals surface area contributed by atoms with E-state index in [4.69, 9.17) is 27.8 Å².